The first-order valence-corrected chi connectivity index (χ1v) is 7.24. The molecule has 1 atom stereocenters. The fourth-order valence-electron chi connectivity index (χ4n) is 2.58. The van der Waals surface area contributed by atoms with Crippen LogP contribution in [0.4, 0.5) is 0 Å². The quantitative estimate of drug-likeness (QED) is 0.926. The molecule has 0 spiro atoms. The van der Waals surface area contributed by atoms with Gasteiger partial charge in [-0.25, -0.2) is 0 Å². The maximum atomic E-state index is 6.36. The number of nitrogens with two attached hydrogens (primary N) is 1. The van der Waals surface area contributed by atoms with E-state index in [1.54, 1.807) is 0 Å². The largest absolute Gasteiger partial charge is 0.324 e. The van der Waals surface area contributed by atoms with Crippen LogP contribution in [0.15, 0.2) is 24.3 Å². The minimum absolute atomic E-state index is 0.0258. The molecule has 2 aromatic rings. The van der Waals surface area contributed by atoms with Gasteiger partial charge in [-0.1, -0.05) is 38.1 Å². The summed E-state index contributed by atoms with van der Waals surface area (Å²) in [7, 11) is 1.98. The Balaban J connectivity index is 2.17. The van der Waals surface area contributed by atoms with Gasteiger partial charge >= 0.3 is 0 Å². The van der Waals surface area contributed by atoms with E-state index in [2.05, 4.69) is 57.1 Å². The molecule has 1 aromatic carbocycles. The molecule has 3 heteroatoms. The van der Waals surface area contributed by atoms with Gasteiger partial charge in [-0.3, -0.25) is 4.68 Å². The molecule has 0 amide bonds. The Morgan fingerprint density at radius 1 is 1.10 bits per heavy atom. The van der Waals surface area contributed by atoms with E-state index in [1.807, 2.05) is 11.7 Å². The maximum absolute atomic E-state index is 6.36. The lowest BCUT2D eigenvalue weighted by Gasteiger charge is -2.14. The fraction of sp³-hybridized carbons (Fsp3) is 0.471. The average molecular weight is 271 g/mol. The molecule has 3 nitrogen and oxygen atoms in total. The summed E-state index contributed by atoms with van der Waals surface area (Å²) in [6, 6.07) is 8.70. The zero-order valence-corrected chi connectivity index (χ0v) is 13.1. The van der Waals surface area contributed by atoms with Crippen LogP contribution < -0.4 is 5.73 Å². The Kier molecular flexibility index (Phi) is 4.29. The molecule has 0 aliphatic heterocycles. The van der Waals surface area contributed by atoms with E-state index in [9.17, 15) is 0 Å². The van der Waals surface area contributed by atoms with Crippen molar-refractivity contribution < 1.29 is 0 Å². The number of aryl methyl sites for hydroxylation is 2. The van der Waals surface area contributed by atoms with Crippen molar-refractivity contribution in [1.29, 1.82) is 0 Å². The minimum Gasteiger partial charge on any atom is -0.324 e. The highest BCUT2D eigenvalue weighted by Gasteiger charge is 2.14. The number of benzene rings is 1. The zero-order chi connectivity index (χ0) is 14.9. The molecule has 1 heterocycles. The van der Waals surface area contributed by atoms with Crippen LogP contribution in [0.3, 0.4) is 0 Å². The van der Waals surface area contributed by atoms with Crippen LogP contribution in [-0.2, 0) is 13.5 Å². The van der Waals surface area contributed by atoms with Crippen LogP contribution in [0.5, 0.6) is 0 Å². The van der Waals surface area contributed by atoms with Crippen molar-refractivity contribution >= 4 is 0 Å². The predicted molar refractivity (Wildman–Crippen MR) is 83.8 cm³/mol. The maximum Gasteiger partial charge on any atom is 0.0629 e. The monoisotopic (exact) mass is 271 g/mol. The number of aromatic nitrogens is 2. The van der Waals surface area contributed by atoms with E-state index in [-0.39, 0.29) is 6.04 Å². The Morgan fingerprint density at radius 2 is 1.65 bits per heavy atom. The number of hydrogen-bond donors (Lipinski definition) is 1. The van der Waals surface area contributed by atoms with Crippen LogP contribution in [0.2, 0.25) is 0 Å². The Hall–Kier alpha value is -1.61. The Bertz CT molecular complexity index is 579. The van der Waals surface area contributed by atoms with Crippen molar-refractivity contribution in [2.45, 2.75) is 46.1 Å². The van der Waals surface area contributed by atoms with E-state index in [1.165, 1.54) is 22.4 Å². The number of rotatable bonds is 4. The van der Waals surface area contributed by atoms with Crippen molar-refractivity contribution in [3.8, 4) is 0 Å². The second kappa shape index (κ2) is 5.80. The van der Waals surface area contributed by atoms with Gasteiger partial charge in [0, 0.05) is 18.8 Å². The summed E-state index contributed by atoms with van der Waals surface area (Å²) in [5, 5.41) is 4.46. The summed E-state index contributed by atoms with van der Waals surface area (Å²) >= 11 is 0. The highest BCUT2D eigenvalue weighted by atomic mass is 15.3. The molecule has 108 valence electrons. The Morgan fingerprint density at radius 3 is 2.10 bits per heavy atom. The Labute approximate surface area is 121 Å². The lowest BCUT2D eigenvalue weighted by Crippen LogP contribution is -2.14. The standard InChI is InChI=1S/C17H25N3/c1-11(2)14-6-8-15(9-7-14)17(18)10-16-12(3)19-20(5)13(16)4/h6-9,11,17H,10,18H2,1-5H3. The molecule has 0 aliphatic carbocycles. The molecule has 2 N–H and O–H groups in total. The molecule has 0 fully saturated rings. The first-order chi connectivity index (χ1) is 9.40. The van der Waals surface area contributed by atoms with Crippen molar-refractivity contribution in [2.24, 2.45) is 12.8 Å². The van der Waals surface area contributed by atoms with E-state index in [4.69, 9.17) is 5.73 Å². The second-order valence-electron chi connectivity index (χ2n) is 5.90. The first-order valence-electron chi connectivity index (χ1n) is 7.24. The summed E-state index contributed by atoms with van der Waals surface area (Å²) in [6.45, 7) is 8.56. The molecule has 0 radical (unpaired) electrons. The van der Waals surface area contributed by atoms with Gasteiger partial charge in [-0.2, -0.15) is 5.10 Å². The summed E-state index contributed by atoms with van der Waals surface area (Å²) < 4.78 is 1.93. The SMILES string of the molecule is Cc1nn(C)c(C)c1CC(N)c1ccc(C(C)C)cc1. The molecular formula is C17H25N3. The topological polar surface area (TPSA) is 43.8 Å². The molecule has 1 aromatic heterocycles. The van der Waals surface area contributed by atoms with Crippen LogP contribution in [0, 0.1) is 13.8 Å². The number of hydrogen-bond acceptors (Lipinski definition) is 2. The van der Waals surface area contributed by atoms with Crippen molar-refractivity contribution in [3.63, 3.8) is 0 Å². The molecule has 1 unspecified atom stereocenters. The molecule has 0 saturated heterocycles. The molecular weight excluding hydrogens is 246 g/mol. The van der Waals surface area contributed by atoms with Crippen molar-refractivity contribution in [1.82, 2.24) is 9.78 Å². The summed E-state index contributed by atoms with van der Waals surface area (Å²) in [5.74, 6) is 0.558. The third-order valence-electron chi connectivity index (χ3n) is 4.11. The molecule has 0 saturated carbocycles. The van der Waals surface area contributed by atoms with Gasteiger partial charge in [-0.15, -0.1) is 0 Å². The summed E-state index contributed by atoms with van der Waals surface area (Å²) in [5.41, 5.74) is 12.5. The van der Waals surface area contributed by atoms with Gasteiger partial charge in [0.1, 0.15) is 0 Å². The third-order valence-corrected chi connectivity index (χ3v) is 4.11. The predicted octanol–water partition coefficient (Wildman–Crippen LogP) is 3.40. The molecule has 0 bridgehead atoms. The lowest BCUT2D eigenvalue weighted by atomic mass is 9.95. The van der Waals surface area contributed by atoms with E-state index < -0.39 is 0 Å². The van der Waals surface area contributed by atoms with Crippen LogP contribution in [0.1, 0.15) is 53.9 Å². The fourth-order valence-corrected chi connectivity index (χ4v) is 2.58. The summed E-state index contributed by atoms with van der Waals surface area (Å²) in [6.07, 6.45) is 0.840. The smallest absolute Gasteiger partial charge is 0.0629 e. The van der Waals surface area contributed by atoms with E-state index in [0.29, 0.717) is 5.92 Å². The van der Waals surface area contributed by atoms with Crippen LogP contribution in [-0.4, -0.2) is 9.78 Å². The van der Waals surface area contributed by atoms with Gasteiger partial charge in [-0.05, 0) is 42.9 Å². The molecule has 0 aliphatic rings. The third kappa shape index (κ3) is 2.93. The van der Waals surface area contributed by atoms with Gasteiger partial charge in [0.15, 0.2) is 0 Å². The molecule has 20 heavy (non-hydrogen) atoms. The van der Waals surface area contributed by atoms with Crippen molar-refractivity contribution in [2.75, 3.05) is 0 Å². The van der Waals surface area contributed by atoms with Gasteiger partial charge < -0.3 is 5.73 Å². The minimum atomic E-state index is 0.0258. The van der Waals surface area contributed by atoms with Crippen molar-refractivity contribution in [3.05, 3.63) is 52.3 Å². The van der Waals surface area contributed by atoms with Crippen LogP contribution >= 0.6 is 0 Å². The molecule has 2 rings (SSSR count). The normalized spacial score (nSPS) is 12.9. The lowest BCUT2D eigenvalue weighted by molar-refractivity contribution is 0.706. The highest BCUT2D eigenvalue weighted by molar-refractivity contribution is 5.31. The zero-order valence-electron chi connectivity index (χ0n) is 13.1. The highest BCUT2D eigenvalue weighted by Crippen LogP contribution is 2.22. The van der Waals surface area contributed by atoms with Crippen LogP contribution in [0.25, 0.3) is 0 Å². The second-order valence-corrected chi connectivity index (χ2v) is 5.90. The summed E-state index contributed by atoms with van der Waals surface area (Å²) in [4.78, 5) is 0. The number of nitrogens with zero attached hydrogens (tertiary/aromatic N) is 2. The van der Waals surface area contributed by atoms with Gasteiger partial charge in [0.25, 0.3) is 0 Å². The van der Waals surface area contributed by atoms with Gasteiger partial charge in [0.05, 0.1) is 5.69 Å². The first kappa shape index (κ1) is 14.8. The van der Waals surface area contributed by atoms with E-state index in [0.717, 1.165) is 12.1 Å². The van der Waals surface area contributed by atoms with Gasteiger partial charge in [0.2, 0.25) is 0 Å². The van der Waals surface area contributed by atoms with E-state index >= 15 is 0 Å². The average Bonchev–Trinajstić information content (AvgIpc) is 2.65.